The Bertz CT molecular complexity index is 1070. The second-order valence-electron chi connectivity index (χ2n) is 7.77. The fourth-order valence-electron chi connectivity index (χ4n) is 3.80. The molecule has 4 rings (SSSR count). The largest absolute Gasteiger partial charge is 0.354 e. The SMILES string of the molecule is O=C(NCCc1ccc(Cl)cc1)[C@@H](CSCc1ccccc1)N1Cc2ccccc2C1=O. The number of halogens is 1. The number of nitrogens with one attached hydrogen (secondary N) is 1. The molecule has 1 aliphatic heterocycles. The van der Waals surface area contributed by atoms with Gasteiger partial charge in [-0.2, -0.15) is 11.8 Å². The quantitative estimate of drug-likeness (QED) is 0.487. The van der Waals surface area contributed by atoms with Gasteiger partial charge in [-0.3, -0.25) is 9.59 Å². The van der Waals surface area contributed by atoms with Crippen LogP contribution in [0.25, 0.3) is 0 Å². The fraction of sp³-hybridized carbons (Fsp3) is 0.231. The second kappa shape index (κ2) is 10.7. The molecule has 0 aromatic heterocycles. The highest BCUT2D eigenvalue weighted by Crippen LogP contribution is 2.26. The van der Waals surface area contributed by atoms with Gasteiger partial charge in [0.15, 0.2) is 0 Å². The predicted octanol–water partition coefficient (Wildman–Crippen LogP) is 4.96. The van der Waals surface area contributed by atoms with Gasteiger partial charge in [0.1, 0.15) is 6.04 Å². The van der Waals surface area contributed by atoms with E-state index in [0.29, 0.717) is 35.8 Å². The van der Waals surface area contributed by atoms with Crippen LogP contribution >= 0.6 is 23.4 Å². The molecule has 0 unspecified atom stereocenters. The fourth-order valence-corrected chi connectivity index (χ4v) is 5.02. The van der Waals surface area contributed by atoms with Crippen molar-refractivity contribution >= 4 is 35.2 Å². The number of benzene rings is 3. The van der Waals surface area contributed by atoms with Crippen molar-refractivity contribution in [2.75, 3.05) is 12.3 Å². The zero-order chi connectivity index (χ0) is 22.3. The average Bonchev–Trinajstić information content (AvgIpc) is 3.15. The number of carbonyl (C=O) groups is 2. The van der Waals surface area contributed by atoms with E-state index < -0.39 is 6.04 Å². The van der Waals surface area contributed by atoms with E-state index in [1.165, 1.54) is 5.56 Å². The van der Waals surface area contributed by atoms with E-state index in [1.54, 1.807) is 16.7 Å². The minimum atomic E-state index is -0.520. The molecule has 32 heavy (non-hydrogen) atoms. The molecule has 0 spiro atoms. The Kier molecular flexibility index (Phi) is 7.51. The van der Waals surface area contributed by atoms with E-state index in [1.807, 2.05) is 66.7 Å². The smallest absolute Gasteiger partial charge is 0.255 e. The van der Waals surface area contributed by atoms with Crippen molar-refractivity contribution in [1.29, 1.82) is 0 Å². The summed E-state index contributed by atoms with van der Waals surface area (Å²) in [4.78, 5) is 27.9. The number of thioether (sulfide) groups is 1. The summed E-state index contributed by atoms with van der Waals surface area (Å²) in [5.74, 6) is 1.16. The standard InChI is InChI=1S/C26H25ClN2O2S/c27-22-12-10-19(11-13-22)14-15-28-25(30)24(18-32-17-20-6-2-1-3-7-20)29-16-21-8-4-5-9-23(21)26(29)31/h1-13,24H,14-18H2,(H,28,30)/t24-/m1/s1. The summed E-state index contributed by atoms with van der Waals surface area (Å²) in [5, 5.41) is 3.73. The van der Waals surface area contributed by atoms with Crippen molar-refractivity contribution in [2.24, 2.45) is 0 Å². The molecule has 164 valence electrons. The number of carbonyl (C=O) groups excluding carboxylic acids is 2. The van der Waals surface area contributed by atoms with Crippen LogP contribution in [0.2, 0.25) is 5.02 Å². The topological polar surface area (TPSA) is 49.4 Å². The van der Waals surface area contributed by atoms with Crippen molar-refractivity contribution in [2.45, 2.75) is 24.8 Å². The van der Waals surface area contributed by atoms with Gasteiger partial charge in [0.2, 0.25) is 5.91 Å². The lowest BCUT2D eigenvalue weighted by Gasteiger charge is -2.27. The molecule has 1 atom stereocenters. The van der Waals surface area contributed by atoms with Crippen molar-refractivity contribution in [3.8, 4) is 0 Å². The number of nitrogens with zero attached hydrogens (tertiary/aromatic N) is 1. The summed E-state index contributed by atoms with van der Waals surface area (Å²) in [6.45, 7) is 0.978. The number of hydrogen-bond donors (Lipinski definition) is 1. The lowest BCUT2D eigenvalue weighted by atomic mass is 10.1. The molecular formula is C26H25ClN2O2S. The number of fused-ring (bicyclic) bond motifs is 1. The maximum atomic E-state index is 13.2. The summed E-state index contributed by atoms with van der Waals surface area (Å²) >= 11 is 7.62. The molecule has 0 radical (unpaired) electrons. The first-order valence-corrected chi connectivity index (χ1v) is 12.2. The number of rotatable bonds is 9. The highest BCUT2D eigenvalue weighted by atomic mass is 35.5. The molecule has 2 amide bonds. The molecule has 6 heteroatoms. The molecule has 1 N–H and O–H groups in total. The Morgan fingerprint density at radius 1 is 0.969 bits per heavy atom. The van der Waals surface area contributed by atoms with Gasteiger partial charge in [0.25, 0.3) is 5.91 Å². The first kappa shape index (κ1) is 22.4. The first-order chi connectivity index (χ1) is 15.6. The lowest BCUT2D eigenvalue weighted by Crippen LogP contribution is -2.49. The monoisotopic (exact) mass is 464 g/mol. The van der Waals surface area contributed by atoms with Crippen LogP contribution in [-0.4, -0.2) is 35.1 Å². The summed E-state index contributed by atoms with van der Waals surface area (Å²) in [6, 6.07) is 24.9. The van der Waals surface area contributed by atoms with Crippen LogP contribution in [0.3, 0.4) is 0 Å². The third-order valence-corrected chi connectivity index (χ3v) is 6.88. The van der Waals surface area contributed by atoms with Gasteiger partial charge in [-0.15, -0.1) is 0 Å². The number of amides is 2. The minimum absolute atomic E-state index is 0.0706. The van der Waals surface area contributed by atoms with Crippen LogP contribution in [0.4, 0.5) is 0 Å². The van der Waals surface area contributed by atoms with Crippen molar-refractivity contribution in [3.05, 3.63) is 106 Å². The van der Waals surface area contributed by atoms with E-state index >= 15 is 0 Å². The van der Waals surface area contributed by atoms with Crippen LogP contribution in [0, 0.1) is 0 Å². The van der Waals surface area contributed by atoms with Crippen molar-refractivity contribution < 1.29 is 9.59 Å². The third-order valence-electron chi connectivity index (χ3n) is 5.54. The molecule has 0 fully saturated rings. The second-order valence-corrected chi connectivity index (χ2v) is 9.24. The van der Waals surface area contributed by atoms with E-state index in [-0.39, 0.29) is 11.8 Å². The zero-order valence-corrected chi connectivity index (χ0v) is 19.2. The molecular weight excluding hydrogens is 440 g/mol. The summed E-state index contributed by atoms with van der Waals surface area (Å²) in [5.41, 5.74) is 3.98. The molecule has 0 saturated carbocycles. The summed E-state index contributed by atoms with van der Waals surface area (Å²) in [6.07, 6.45) is 0.709. The van der Waals surface area contributed by atoms with Crippen molar-refractivity contribution in [1.82, 2.24) is 10.2 Å². The van der Waals surface area contributed by atoms with Crippen LogP contribution in [0.15, 0.2) is 78.9 Å². The third kappa shape index (κ3) is 5.53. The molecule has 0 bridgehead atoms. The highest BCUT2D eigenvalue weighted by molar-refractivity contribution is 7.98. The van der Waals surface area contributed by atoms with Gasteiger partial charge in [-0.25, -0.2) is 0 Å². The van der Waals surface area contributed by atoms with E-state index in [0.717, 1.165) is 16.9 Å². The molecule has 4 nitrogen and oxygen atoms in total. The Morgan fingerprint density at radius 2 is 1.69 bits per heavy atom. The Morgan fingerprint density at radius 3 is 2.44 bits per heavy atom. The molecule has 1 aliphatic rings. The maximum absolute atomic E-state index is 13.2. The molecule has 3 aromatic rings. The predicted molar refractivity (Wildman–Crippen MR) is 131 cm³/mol. The maximum Gasteiger partial charge on any atom is 0.255 e. The van der Waals surface area contributed by atoms with Gasteiger partial charge >= 0.3 is 0 Å². The summed E-state index contributed by atoms with van der Waals surface area (Å²) < 4.78 is 0. The zero-order valence-electron chi connectivity index (χ0n) is 17.7. The minimum Gasteiger partial charge on any atom is -0.354 e. The molecule has 0 aliphatic carbocycles. The Hall–Kier alpha value is -2.76. The van der Waals surface area contributed by atoms with Crippen molar-refractivity contribution in [3.63, 3.8) is 0 Å². The van der Waals surface area contributed by atoms with Crippen LogP contribution in [0.5, 0.6) is 0 Å². The summed E-state index contributed by atoms with van der Waals surface area (Å²) in [7, 11) is 0. The van der Waals surface area contributed by atoms with Gasteiger partial charge in [-0.1, -0.05) is 72.3 Å². The Balaban J connectivity index is 1.41. The van der Waals surface area contributed by atoms with E-state index in [4.69, 9.17) is 11.6 Å². The normalized spacial score (nSPS) is 13.7. The van der Waals surface area contributed by atoms with Crippen LogP contribution in [0.1, 0.15) is 27.0 Å². The lowest BCUT2D eigenvalue weighted by molar-refractivity contribution is -0.124. The van der Waals surface area contributed by atoms with Gasteiger partial charge in [0, 0.05) is 35.2 Å². The van der Waals surface area contributed by atoms with Gasteiger partial charge < -0.3 is 10.2 Å². The van der Waals surface area contributed by atoms with Gasteiger partial charge in [0.05, 0.1) is 0 Å². The highest BCUT2D eigenvalue weighted by Gasteiger charge is 2.35. The number of hydrogen-bond acceptors (Lipinski definition) is 3. The van der Waals surface area contributed by atoms with E-state index in [2.05, 4.69) is 17.4 Å². The average molecular weight is 465 g/mol. The van der Waals surface area contributed by atoms with Crippen LogP contribution in [-0.2, 0) is 23.5 Å². The molecule has 0 saturated heterocycles. The van der Waals surface area contributed by atoms with E-state index in [9.17, 15) is 9.59 Å². The Labute approximate surface area is 198 Å². The van der Waals surface area contributed by atoms with Gasteiger partial charge in [-0.05, 0) is 41.3 Å². The first-order valence-electron chi connectivity index (χ1n) is 10.6. The molecule has 1 heterocycles. The van der Waals surface area contributed by atoms with Crippen LogP contribution < -0.4 is 5.32 Å². The molecule has 3 aromatic carbocycles.